The summed E-state index contributed by atoms with van der Waals surface area (Å²) in [5, 5.41) is 19.9. The van der Waals surface area contributed by atoms with Crippen molar-refractivity contribution in [2.24, 2.45) is 0 Å². The zero-order valence-electron chi connectivity index (χ0n) is 9.55. The van der Waals surface area contributed by atoms with Crippen LogP contribution in [0.15, 0.2) is 30.7 Å². The normalized spacial score (nSPS) is 10.9. The molecule has 0 saturated heterocycles. The highest BCUT2D eigenvalue weighted by atomic mass is 16.5. The molecule has 0 aliphatic carbocycles. The van der Waals surface area contributed by atoms with E-state index in [0.717, 1.165) is 18.7 Å². The summed E-state index contributed by atoms with van der Waals surface area (Å²) in [5.41, 5.74) is 1.34. The van der Waals surface area contributed by atoms with Gasteiger partial charge in [0.05, 0.1) is 5.57 Å². The van der Waals surface area contributed by atoms with Crippen molar-refractivity contribution in [3.05, 3.63) is 41.5 Å². The summed E-state index contributed by atoms with van der Waals surface area (Å²) in [6.45, 7) is 5.78. The van der Waals surface area contributed by atoms with E-state index in [9.17, 15) is 5.21 Å². The van der Waals surface area contributed by atoms with Gasteiger partial charge in [-0.3, -0.25) is 0 Å². The lowest BCUT2D eigenvalue weighted by molar-refractivity contribution is -0.605. The Morgan fingerprint density at radius 3 is 2.44 bits per heavy atom. The Labute approximate surface area is 95.6 Å². The molecule has 1 heterocycles. The quantitative estimate of drug-likeness (QED) is 0.436. The van der Waals surface area contributed by atoms with E-state index in [1.165, 1.54) is 12.4 Å². The summed E-state index contributed by atoms with van der Waals surface area (Å²) in [6.07, 6.45) is 4.61. The third kappa shape index (κ3) is 2.99. The van der Waals surface area contributed by atoms with Gasteiger partial charge in [-0.15, -0.1) is 0 Å². The highest BCUT2D eigenvalue weighted by Gasteiger charge is 2.03. The number of nitrogens with zero attached hydrogens (tertiary/aromatic N) is 3. The fourth-order valence-corrected chi connectivity index (χ4v) is 1.35. The molecule has 16 heavy (non-hydrogen) atoms. The molecule has 0 atom stereocenters. The summed E-state index contributed by atoms with van der Waals surface area (Å²) in [4.78, 5) is 2.04. The lowest BCUT2D eigenvalue weighted by atomic mass is 10.1. The molecule has 84 valence electrons. The van der Waals surface area contributed by atoms with Gasteiger partial charge in [-0.05, 0) is 13.8 Å². The molecule has 1 rings (SSSR count). The Bertz CT molecular complexity index is 399. The summed E-state index contributed by atoms with van der Waals surface area (Å²) in [6, 6.07) is 5.43. The largest absolute Gasteiger partial charge is 0.619 e. The number of hydrogen-bond acceptors (Lipinski definition) is 3. The zero-order valence-corrected chi connectivity index (χ0v) is 9.55. The predicted octanol–water partition coefficient (Wildman–Crippen LogP) is 1.53. The fraction of sp³-hybridized carbons (Fsp3) is 0.333. The van der Waals surface area contributed by atoms with E-state index < -0.39 is 0 Å². The number of nitriles is 1. The van der Waals surface area contributed by atoms with Crippen molar-refractivity contribution in [3.63, 3.8) is 0 Å². The smallest absolute Gasteiger partial charge is 0.180 e. The molecule has 0 unspecified atom stereocenters. The average Bonchev–Trinajstić information content (AvgIpc) is 2.32. The maximum Gasteiger partial charge on any atom is 0.180 e. The summed E-state index contributed by atoms with van der Waals surface area (Å²) < 4.78 is 0.704. The monoisotopic (exact) mass is 217 g/mol. The molecule has 1 aromatic heterocycles. The van der Waals surface area contributed by atoms with Gasteiger partial charge in [0.1, 0.15) is 6.07 Å². The van der Waals surface area contributed by atoms with Gasteiger partial charge in [-0.2, -0.15) is 9.99 Å². The van der Waals surface area contributed by atoms with Crippen LogP contribution in [0.25, 0.3) is 5.57 Å². The van der Waals surface area contributed by atoms with E-state index >= 15 is 0 Å². The molecule has 1 aromatic rings. The minimum absolute atomic E-state index is 0.573. The first kappa shape index (κ1) is 12.1. The standard InChI is InChI=1S/C12H15N3O/c1-3-14(4-2)10-12(9-13)11-5-7-15(16)8-6-11/h5-8,10H,3-4H2,1-2H3/b12-10-. The highest BCUT2D eigenvalue weighted by molar-refractivity contribution is 5.75. The molecular formula is C12H15N3O. The van der Waals surface area contributed by atoms with Crippen molar-refractivity contribution in [1.29, 1.82) is 5.26 Å². The first-order chi connectivity index (χ1) is 7.71. The van der Waals surface area contributed by atoms with Crippen molar-refractivity contribution in [3.8, 4) is 6.07 Å². The number of aromatic nitrogens is 1. The first-order valence-electron chi connectivity index (χ1n) is 5.26. The lowest BCUT2D eigenvalue weighted by Gasteiger charge is -2.15. The minimum Gasteiger partial charge on any atom is -0.619 e. The van der Waals surface area contributed by atoms with Crippen LogP contribution in [-0.2, 0) is 0 Å². The third-order valence-electron chi connectivity index (χ3n) is 2.36. The van der Waals surface area contributed by atoms with Crippen LogP contribution in [0.4, 0.5) is 0 Å². The van der Waals surface area contributed by atoms with Gasteiger partial charge in [0, 0.05) is 37.0 Å². The molecule has 0 fully saturated rings. The number of allylic oxidation sites excluding steroid dienone is 1. The first-order valence-corrected chi connectivity index (χ1v) is 5.26. The Balaban J connectivity index is 2.99. The summed E-state index contributed by atoms with van der Waals surface area (Å²) in [7, 11) is 0. The molecule has 0 aromatic carbocycles. The van der Waals surface area contributed by atoms with Crippen molar-refractivity contribution >= 4 is 5.57 Å². The van der Waals surface area contributed by atoms with Crippen LogP contribution in [0.3, 0.4) is 0 Å². The Hall–Kier alpha value is -2.02. The van der Waals surface area contributed by atoms with Crippen LogP contribution in [0.2, 0.25) is 0 Å². The van der Waals surface area contributed by atoms with Gasteiger partial charge in [-0.25, -0.2) is 0 Å². The molecule has 0 aliphatic heterocycles. The molecule has 0 radical (unpaired) electrons. The van der Waals surface area contributed by atoms with Crippen LogP contribution >= 0.6 is 0 Å². The van der Waals surface area contributed by atoms with Crippen LogP contribution in [0.5, 0.6) is 0 Å². The predicted molar refractivity (Wildman–Crippen MR) is 61.9 cm³/mol. The van der Waals surface area contributed by atoms with Crippen LogP contribution < -0.4 is 4.73 Å². The van der Waals surface area contributed by atoms with E-state index in [2.05, 4.69) is 6.07 Å². The number of rotatable bonds is 4. The highest BCUT2D eigenvalue weighted by Crippen LogP contribution is 2.12. The SMILES string of the molecule is CCN(/C=C(/C#N)c1cc[n+]([O-])cc1)CC. The topological polar surface area (TPSA) is 54.0 Å². The number of pyridine rings is 1. The molecule has 0 spiro atoms. The second kappa shape index (κ2) is 5.76. The van der Waals surface area contributed by atoms with Crippen molar-refractivity contribution in [1.82, 2.24) is 4.90 Å². The van der Waals surface area contributed by atoms with Gasteiger partial charge in [0.25, 0.3) is 0 Å². The van der Waals surface area contributed by atoms with Crippen molar-refractivity contribution < 1.29 is 4.73 Å². The molecule has 0 saturated carbocycles. The fourth-order valence-electron chi connectivity index (χ4n) is 1.35. The molecule has 0 N–H and O–H groups in total. The van der Waals surface area contributed by atoms with Crippen LogP contribution in [0.1, 0.15) is 19.4 Å². The second-order valence-corrected chi connectivity index (χ2v) is 3.32. The van der Waals surface area contributed by atoms with E-state index in [1.807, 2.05) is 24.9 Å². The molecule has 4 heteroatoms. The van der Waals surface area contributed by atoms with E-state index in [1.54, 1.807) is 12.1 Å². The van der Waals surface area contributed by atoms with Gasteiger partial charge in [0.2, 0.25) is 0 Å². The third-order valence-corrected chi connectivity index (χ3v) is 2.36. The van der Waals surface area contributed by atoms with Gasteiger partial charge in [-0.1, -0.05) is 0 Å². The van der Waals surface area contributed by atoms with Gasteiger partial charge < -0.3 is 10.1 Å². The molecule has 0 amide bonds. The zero-order chi connectivity index (χ0) is 12.0. The average molecular weight is 217 g/mol. The van der Waals surface area contributed by atoms with Crippen molar-refractivity contribution in [2.45, 2.75) is 13.8 Å². The van der Waals surface area contributed by atoms with Crippen LogP contribution in [0, 0.1) is 16.5 Å². The molecule has 0 bridgehead atoms. The molecule has 4 nitrogen and oxygen atoms in total. The minimum atomic E-state index is 0.573. The second-order valence-electron chi connectivity index (χ2n) is 3.32. The van der Waals surface area contributed by atoms with Crippen molar-refractivity contribution in [2.75, 3.05) is 13.1 Å². The Kier molecular flexibility index (Phi) is 4.34. The lowest BCUT2D eigenvalue weighted by Crippen LogP contribution is -2.23. The van der Waals surface area contributed by atoms with E-state index in [-0.39, 0.29) is 0 Å². The van der Waals surface area contributed by atoms with Gasteiger partial charge >= 0.3 is 0 Å². The van der Waals surface area contributed by atoms with Crippen LogP contribution in [-0.4, -0.2) is 18.0 Å². The summed E-state index contributed by atoms with van der Waals surface area (Å²) >= 11 is 0. The molecular weight excluding hydrogens is 202 g/mol. The van der Waals surface area contributed by atoms with Gasteiger partial charge in [0.15, 0.2) is 12.4 Å². The number of hydrogen-bond donors (Lipinski definition) is 0. The Morgan fingerprint density at radius 2 is 2.00 bits per heavy atom. The van der Waals surface area contributed by atoms with E-state index in [4.69, 9.17) is 5.26 Å². The molecule has 0 aliphatic rings. The Morgan fingerprint density at radius 1 is 1.44 bits per heavy atom. The summed E-state index contributed by atoms with van der Waals surface area (Å²) in [5.74, 6) is 0. The maximum absolute atomic E-state index is 10.9. The maximum atomic E-state index is 10.9. The van der Waals surface area contributed by atoms with E-state index in [0.29, 0.717) is 10.3 Å².